The summed E-state index contributed by atoms with van der Waals surface area (Å²) in [5, 5.41) is 11.7. The molecule has 1 N–H and O–H groups in total. The molecule has 15 heavy (non-hydrogen) atoms. The second-order valence-electron chi connectivity index (χ2n) is 4.51. The van der Waals surface area contributed by atoms with E-state index in [1.54, 1.807) is 0 Å². The van der Waals surface area contributed by atoms with Crippen LogP contribution in [0.3, 0.4) is 0 Å². The van der Waals surface area contributed by atoms with Gasteiger partial charge in [-0.3, -0.25) is 0 Å². The molecule has 0 aromatic rings. The molecule has 0 aromatic heterocycles. The van der Waals surface area contributed by atoms with Crippen LogP contribution in [0.25, 0.3) is 0 Å². The van der Waals surface area contributed by atoms with E-state index in [2.05, 4.69) is 18.3 Å². The van der Waals surface area contributed by atoms with Gasteiger partial charge in [-0.05, 0) is 45.1 Å². The van der Waals surface area contributed by atoms with Crippen molar-refractivity contribution in [3.8, 4) is 6.07 Å². The Morgan fingerprint density at radius 2 is 2.07 bits per heavy atom. The Bertz CT molecular complexity index is 204. The summed E-state index contributed by atoms with van der Waals surface area (Å²) in [6, 6.07) is 2.14. The molecule has 1 atom stereocenters. The van der Waals surface area contributed by atoms with Crippen molar-refractivity contribution in [2.75, 3.05) is 13.7 Å². The highest BCUT2D eigenvalue weighted by molar-refractivity contribution is 4.88. The summed E-state index contributed by atoms with van der Waals surface area (Å²) < 4.78 is 5.77. The molecule has 0 radical (unpaired) electrons. The molecule has 0 saturated heterocycles. The van der Waals surface area contributed by atoms with Crippen molar-refractivity contribution in [3.63, 3.8) is 0 Å². The highest BCUT2D eigenvalue weighted by Gasteiger charge is 2.18. The third-order valence-electron chi connectivity index (χ3n) is 3.23. The van der Waals surface area contributed by atoms with Crippen LogP contribution in [-0.2, 0) is 4.74 Å². The van der Waals surface area contributed by atoms with Gasteiger partial charge in [0.05, 0.1) is 18.2 Å². The molecule has 0 heterocycles. The van der Waals surface area contributed by atoms with Gasteiger partial charge in [0.25, 0.3) is 0 Å². The zero-order valence-electron chi connectivity index (χ0n) is 9.83. The van der Waals surface area contributed by atoms with E-state index in [4.69, 9.17) is 10.00 Å². The largest absolute Gasteiger partial charge is 0.378 e. The maximum Gasteiger partial charge on any atom is 0.0972 e. The zero-order valence-corrected chi connectivity index (χ0v) is 9.83. The van der Waals surface area contributed by atoms with Crippen molar-refractivity contribution in [1.29, 1.82) is 5.26 Å². The smallest absolute Gasteiger partial charge is 0.0972 e. The third-order valence-corrected chi connectivity index (χ3v) is 3.23. The molecule has 1 unspecified atom stereocenters. The van der Waals surface area contributed by atoms with Crippen LogP contribution < -0.4 is 5.32 Å². The van der Waals surface area contributed by atoms with E-state index in [1.807, 2.05) is 7.05 Å². The SMILES string of the molecule is CNC(C#N)CCOC1CCC(C)CC1. The van der Waals surface area contributed by atoms with E-state index < -0.39 is 0 Å². The van der Waals surface area contributed by atoms with Gasteiger partial charge in [0.2, 0.25) is 0 Å². The Morgan fingerprint density at radius 3 is 2.60 bits per heavy atom. The van der Waals surface area contributed by atoms with E-state index in [9.17, 15) is 0 Å². The zero-order chi connectivity index (χ0) is 11.1. The molecule has 1 rings (SSSR count). The van der Waals surface area contributed by atoms with Gasteiger partial charge in [-0.25, -0.2) is 0 Å². The first kappa shape index (κ1) is 12.5. The molecule has 0 spiro atoms. The normalized spacial score (nSPS) is 28.3. The second kappa shape index (κ2) is 6.81. The fourth-order valence-corrected chi connectivity index (χ4v) is 2.02. The number of hydrogen-bond acceptors (Lipinski definition) is 3. The number of nitrogens with zero attached hydrogens (tertiary/aromatic N) is 1. The van der Waals surface area contributed by atoms with E-state index in [0.717, 1.165) is 12.3 Å². The van der Waals surface area contributed by atoms with Gasteiger partial charge in [-0.2, -0.15) is 5.26 Å². The standard InChI is InChI=1S/C12H22N2O/c1-10-3-5-12(6-4-10)15-8-7-11(9-13)14-2/h10-12,14H,3-8H2,1-2H3. The molecule has 1 saturated carbocycles. The predicted octanol–water partition coefficient (Wildman–Crippen LogP) is 2.08. The molecule has 0 aromatic carbocycles. The van der Waals surface area contributed by atoms with Crippen molar-refractivity contribution in [3.05, 3.63) is 0 Å². The molecule has 86 valence electrons. The summed E-state index contributed by atoms with van der Waals surface area (Å²) in [7, 11) is 1.82. The first-order valence-electron chi connectivity index (χ1n) is 5.94. The van der Waals surface area contributed by atoms with Crippen molar-refractivity contribution in [1.82, 2.24) is 5.32 Å². The minimum atomic E-state index is -0.0625. The summed E-state index contributed by atoms with van der Waals surface area (Å²) in [5.41, 5.74) is 0. The molecule has 1 fully saturated rings. The van der Waals surface area contributed by atoms with Crippen molar-refractivity contribution in [2.45, 2.75) is 51.2 Å². The summed E-state index contributed by atoms with van der Waals surface area (Å²) in [6.45, 7) is 3.01. The summed E-state index contributed by atoms with van der Waals surface area (Å²) in [5.74, 6) is 0.869. The quantitative estimate of drug-likeness (QED) is 0.755. The van der Waals surface area contributed by atoms with Crippen LogP contribution in [0, 0.1) is 17.2 Å². The summed E-state index contributed by atoms with van der Waals surface area (Å²) in [4.78, 5) is 0. The van der Waals surface area contributed by atoms with E-state index >= 15 is 0 Å². The van der Waals surface area contributed by atoms with Crippen LogP contribution in [0.5, 0.6) is 0 Å². The first-order chi connectivity index (χ1) is 7.26. The number of rotatable bonds is 5. The number of nitrogens with one attached hydrogen (secondary N) is 1. The molecular weight excluding hydrogens is 188 g/mol. The van der Waals surface area contributed by atoms with Gasteiger partial charge in [0.1, 0.15) is 0 Å². The maximum atomic E-state index is 8.73. The highest BCUT2D eigenvalue weighted by atomic mass is 16.5. The molecule has 0 bridgehead atoms. The Labute approximate surface area is 92.8 Å². The third kappa shape index (κ3) is 4.63. The fraction of sp³-hybridized carbons (Fsp3) is 0.917. The Morgan fingerprint density at radius 1 is 1.40 bits per heavy atom. The van der Waals surface area contributed by atoms with Gasteiger partial charge < -0.3 is 10.1 Å². The van der Waals surface area contributed by atoms with Crippen LogP contribution >= 0.6 is 0 Å². The minimum absolute atomic E-state index is 0.0625. The molecule has 1 aliphatic rings. The lowest BCUT2D eigenvalue weighted by atomic mass is 9.89. The van der Waals surface area contributed by atoms with Crippen molar-refractivity contribution < 1.29 is 4.74 Å². The summed E-state index contributed by atoms with van der Waals surface area (Å²) in [6.07, 6.45) is 6.20. The van der Waals surface area contributed by atoms with E-state index in [0.29, 0.717) is 12.7 Å². The Kier molecular flexibility index (Phi) is 5.67. The lowest BCUT2D eigenvalue weighted by Gasteiger charge is -2.26. The highest BCUT2D eigenvalue weighted by Crippen LogP contribution is 2.25. The average molecular weight is 210 g/mol. The van der Waals surface area contributed by atoms with Crippen LogP contribution in [-0.4, -0.2) is 25.8 Å². The molecule has 3 heteroatoms. The van der Waals surface area contributed by atoms with Crippen LogP contribution in [0.2, 0.25) is 0 Å². The lowest BCUT2D eigenvalue weighted by Crippen LogP contribution is -2.27. The molecule has 1 aliphatic carbocycles. The molecule has 3 nitrogen and oxygen atoms in total. The van der Waals surface area contributed by atoms with Crippen molar-refractivity contribution in [2.24, 2.45) is 5.92 Å². The molecule has 0 amide bonds. The van der Waals surface area contributed by atoms with Gasteiger partial charge in [-0.1, -0.05) is 6.92 Å². The monoisotopic (exact) mass is 210 g/mol. The van der Waals surface area contributed by atoms with Gasteiger partial charge >= 0.3 is 0 Å². The van der Waals surface area contributed by atoms with E-state index in [1.165, 1.54) is 25.7 Å². The predicted molar refractivity (Wildman–Crippen MR) is 60.4 cm³/mol. The van der Waals surface area contributed by atoms with E-state index in [-0.39, 0.29) is 6.04 Å². The lowest BCUT2D eigenvalue weighted by molar-refractivity contribution is 0.0172. The molecule has 0 aliphatic heterocycles. The van der Waals surface area contributed by atoms with Gasteiger partial charge in [-0.15, -0.1) is 0 Å². The van der Waals surface area contributed by atoms with Crippen LogP contribution in [0.1, 0.15) is 39.0 Å². The summed E-state index contributed by atoms with van der Waals surface area (Å²) >= 11 is 0. The number of nitriles is 1. The van der Waals surface area contributed by atoms with Gasteiger partial charge in [0, 0.05) is 6.61 Å². The second-order valence-corrected chi connectivity index (χ2v) is 4.51. The van der Waals surface area contributed by atoms with Crippen molar-refractivity contribution >= 4 is 0 Å². The van der Waals surface area contributed by atoms with Gasteiger partial charge in [0.15, 0.2) is 0 Å². The first-order valence-corrected chi connectivity index (χ1v) is 5.94. The minimum Gasteiger partial charge on any atom is -0.378 e. The average Bonchev–Trinajstić information content (AvgIpc) is 2.27. The van der Waals surface area contributed by atoms with Crippen LogP contribution in [0.15, 0.2) is 0 Å². The topological polar surface area (TPSA) is 45.0 Å². The maximum absolute atomic E-state index is 8.73. The Balaban J connectivity index is 2.08. The molecular formula is C12H22N2O. The Hall–Kier alpha value is -0.590. The van der Waals surface area contributed by atoms with Crippen LogP contribution in [0.4, 0.5) is 0 Å². The number of hydrogen-bond donors (Lipinski definition) is 1. The fourth-order valence-electron chi connectivity index (χ4n) is 2.02. The number of ether oxygens (including phenoxy) is 1.